The lowest BCUT2D eigenvalue weighted by atomic mass is 10.1. The summed E-state index contributed by atoms with van der Waals surface area (Å²) in [5.74, 6) is 0.251. The summed E-state index contributed by atoms with van der Waals surface area (Å²) in [5, 5.41) is 3.03. The van der Waals surface area contributed by atoms with Gasteiger partial charge in [0.05, 0.1) is 12.2 Å². The molecular formula is C16H17N3O2S. The number of rotatable bonds is 3. The maximum Gasteiger partial charge on any atom is 0.266 e. The minimum Gasteiger partial charge on any atom is -0.324 e. The zero-order chi connectivity index (χ0) is 15.6. The highest BCUT2D eigenvalue weighted by molar-refractivity contribution is 7.90. The summed E-state index contributed by atoms with van der Waals surface area (Å²) in [6.45, 7) is 2.40. The molecule has 6 heteroatoms. The van der Waals surface area contributed by atoms with E-state index in [1.54, 1.807) is 12.1 Å². The molecule has 1 aliphatic rings. The van der Waals surface area contributed by atoms with Crippen LogP contribution in [0.25, 0.3) is 0 Å². The number of hydrogen-bond donors (Lipinski definition) is 2. The van der Waals surface area contributed by atoms with Crippen LogP contribution in [-0.4, -0.2) is 14.4 Å². The summed E-state index contributed by atoms with van der Waals surface area (Å²) < 4.78 is 27.1. The molecular weight excluding hydrogens is 298 g/mol. The van der Waals surface area contributed by atoms with E-state index in [-0.39, 0.29) is 10.9 Å². The second-order valence-corrected chi connectivity index (χ2v) is 6.72. The molecule has 1 heterocycles. The lowest BCUT2D eigenvalue weighted by Crippen LogP contribution is -2.40. The maximum absolute atomic E-state index is 12.3. The molecule has 2 N–H and O–H groups in total. The largest absolute Gasteiger partial charge is 0.324 e. The van der Waals surface area contributed by atoms with Gasteiger partial charge in [-0.05, 0) is 29.7 Å². The van der Waals surface area contributed by atoms with E-state index in [2.05, 4.69) is 15.0 Å². The summed E-state index contributed by atoms with van der Waals surface area (Å²) in [4.78, 5) is 4.57. The molecule has 0 aromatic heterocycles. The first-order chi connectivity index (χ1) is 10.6. The lowest BCUT2D eigenvalue weighted by Gasteiger charge is -2.22. The van der Waals surface area contributed by atoms with E-state index >= 15 is 0 Å². The van der Waals surface area contributed by atoms with Crippen LogP contribution >= 0.6 is 0 Å². The van der Waals surface area contributed by atoms with Crippen molar-refractivity contribution in [2.75, 3.05) is 5.32 Å². The average molecular weight is 315 g/mol. The van der Waals surface area contributed by atoms with Crippen molar-refractivity contribution in [3.05, 3.63) is 59.7 Å². The van der Waals surface area contributed by atoms with E-state index in [0.717, 1.165) is 17.5 Å². The first kappa shape index (κ1) is 14.6. The Morgan fingerprint density at radius 1 is 1.05 bits per heavy atom. The van der Waals surface area contributed by atoms with Gasteiger partial charge in [-0.3, -0.25) is 0 Å². The van der Waals surface area contributed by atoms with E-state index in [1.807, 2.05) is 43.3 Å². The summed E-state index contributed by atoms with van der Waals surface area (Å²) in [6, 6.07) is 15.1. The minimum absolute atomic E-state index is 0.251. The third kappa shape index (κ3) is 2.96. The van der Waals surface area contributed by atoms with Crippen molar-refractivity contribution in [1.29, 1.82) is 0 Å². The fraction of sp³-hybridized carbons (Fsp3) is 0.188. The molecule has 1 aliphatic heterocycles. The highest BCUT2D eigenvalue weighted by Crippen LogP contribution is 2.26. The molecule has 0 amide bonds. The number of anilines is 1. The molecule has 0 unspecified atom stereocenters. The first-order valence-electron chi connectivity index (χ1n) is 7.09. The Morgan fingerprint density at radius 2 is 1.82 bits per heavy atom. The second kappa shape index (κ2) is 5.81. The number of sulfonamides is 1. The normalized spacial score (nSPS) is 17.4. The van der Waals surface area contributed by atoms with E-state index < -0.39 is 10.0 Å². The van der Waals surface area contributed by atoms with Crippen LogP contribution < -0.4 is 10.0 Å². The Hall–Kier alpha value is -2.34. The molecule has 2 aromatic rings. The van der Waals surface area contributed by atoms with E-state index in [4.69, 9.17) is 0 Å². The Bertz CT molecular complexity index is 815. The predicted molar refractivity (Wildman–Crippen MR) is 87.3 cm³/mol. The van der Waals surface area contributed by atoms with Crippen LogP contribution in [-0.2, 0) is 23.0 Å². The van der Waals surface area contributed by atoms with Crippen molar-refractivity contribution in [2.24, 2.45) is 4.99 Å². The van der Waals surface area contributed by atoms with Crippen LogP contribution in [0.15, 0.2) is 58.4 Å². The van der Waals surface area contributed by atoms with E-state index in [1.165, 1.54) is 0 Å². The predicted octanol–water partition coefficient (Wildman–Crippen LogP) is 2.51. The molecule has 0 bridgehead atoms. The van der Waals surface area contributed by atoms with Crippen molar-refractivity contribution in [2.45, 2.75) is 24.8 Å². The van der Waals surface area contributed by atoms with Gasteiger partial charge >= 0.3 is 0 Å². The number of aliphatic imine (C=N–C) groups is 1. The van der Waals surface area contributed by atoms with Gasteiger partial charge in [-0.15, -0.1) is 0 Å². The topological polar surface area (TPSA) is 70.6 Å². The van der Waals surface area contributed by atoms with E-state index in [0.29, 0.717) is 12.2 Å². The second-order valence-electron chi connectivity index (χ2n) is 5.06. The quantitative estimate of drug-likeness (QED) is 0.914. The van der Waals surface area contributed by atoms with Crippen LogP contribution in [0.1, 0.15) is 18.1 Å². The molecule has 0 saturated carbocycles. The number of hydrogen-bond acceptors (Lipinski definition) is 3. The molecule has 0 fully saturated rings. The molecule has 5 nitrogen and oxygen atoms in total. The Balaban J connectivity index is 1.89. The van der Waals surface area contributed by atoms with Gasteiger partial charge in [-0.1, -0.05) is 43.3 Å². The third-order valence-electron chi connectivity index (χ3n) is 3.49. The Kier molecular flexibility index (Phi) is 3.85. The Labute approximate surface area is 130 Å². The number of nitrogens with one attached hydrogen (secondary N) is 2. The van der Waals surface area contributed by atoms with Crippen LogP contribution in [0.2, 0.25) is 0 Å². The zero-order valence-corrected chi connectivity index (χ0v) is 13.0. The summed E-state index contributed by atoms with van der Waals surface area (Å²) in [7, 11) is -3.57. The van der Waals surface area contributed by atoms with Crippen molar-refractivity contribution in [3.63, 3.8) is 0 Å². The highest BCUT2D eigenvalue weighted by Gasteiger charge is 2.26. The fourth-order valence-electron chi connectivity index (χ4n) is 2.27. The molecule has 2 aromatic carbocycles. The van der Waals surface area contributed by atoms with Crippen molar-refractivity contribution >= 4 is 21.7 Å². The van der Waals surface area contributed by atoms with Gasteiger partial charge in [-0.25, -0.2) is 18.1 Å². The molecule has 0 saturated heterocycles. The third-order valence-corrected chi connectivity index (χ3v) is 4.87. The number of benzene rings is 2. The van der Waals surface area contributed by atoms with Crippen LogP contribution in [0.5, 0.6) is 0 Å². The van der Waals surface area contributed by atoms with Crippen molar-refractivity contribution < 1.29 is 8.42 Å². The Morgan fingerprint density at radius 3 is 2.55 bits per heavy atom. The number of nitrogens with zero attached hydrogens (tertiary/aromatic N) is 1. The molecule has 114 valence electrons. The summed E-state index contributed by atoms with van der Waals surface area (Å²) >= 11 is 0. The molecule has 0 aliphatic carbocycles. The SMILES string of the molecule is CCc1ccc2c(c1)S(=O)(=O)NC(=NCc1ccccc1)N2. The zero-order valence-electron chi connectivity index (χ0n) is 12.2. The maximum atomic E-state index is 12.3. The number of aryl methyl sites for hydroxylation is 1. The van der Waals surface area contributed by atoms with Gasteiger partial charge in [0.15, 0.2) is 0 Å². The summed E-state index contributed by atoms with van der Waals surface area (Å²) in [5.41, 5.74) is 2.56. The van der Waals surface area contributed by atoms with Crippen LogP contribution in [0, 0.1) is 0 Å². The van der Waals surface area contributed by atoms with Gasteiger partial charge < -0.3 is 5.32 Å². The highest BCUT2D eigenvalue weighted by atomic mass is 32.2. The summed E-state index contributed by atoms with van der Waals surface area (Å²) in [6.07, 6.45) is 0.789. The molecule has 3 rings (SSSR count). The molecule has 0 radical (unpaired) electrons. The van der Waals surface area contributed by atoms with Gasteiger partial charge in [-0.2, -0.15) is 0 Å². The number of guanidine groups is 1. The number of fused-ring (bicyclic) bond motifs is 1. The smallest absolute Gasteiger partial charge is 0.266 e. The van der Waals surface area contributed by atoms with Gasteiger partial charge in [0.1, 0.15) is 4.90 Å². The fourth-order valence-corrected chi connectivity index (χ4v) is 3.47. The van der Waals surface area contributed by atoms with Gasteiger partial charge in [0.2, 0.25) is 5.96 Å². The monoisotopic (exact) mass is 315 g/mol. The first-order valence-corrected chi connectivity index (χ1v) is 8.58. The van der Waals surface area contributed by atoms with Crippen molar-refractivity contribution in [3.8, 4) is 0 Å². The minimum atomic E-state index is -3.57. The molecule has 0 spiro atoms. The van der Waals surface area contributed by atoms with Gasteiger partial charge in [0.25, 0.3) is 10.0 Å². The van der Waals surface area contributed by atoms with E-state index in [9.17, 15) is 8.42 Å². The van der Waals surface area contributed by atoms with Crippen LogP contribution in [0.3, 0.4) is 0 Å². The standard InChI is InChI=1S/C16H17N3O2S/c1-2-12-8-9-14-15(10-12)22(20,21)19-16(18-14)17-11-13-6-4-3-5-7-13/h3-10H,2,11H2,1H3,(H2,17,18,19). The van der Waals surface area contributed by atoms with Crippen LogP contribution in [0.4, 0.5) is 5.69 Å². The van der Waals surface area contributed by atoms with Crippen molar-refractivity contribution in [1.82, 2.24) is 4.72 Å². The average Bonchev–Trinajstić information content (AvgIpc) is 2.53. The van der Waals surface area contributed by atoms with Gasteiger partial charge in [0, 0.05) is 0 Å². The molecule has 22 heavy (non-hydrogen) atoms. The lowest BCUT2D eigenvalue weighted by molar-refractivity contribution is 0.591. The molecule has 0 atom stereocenters.